The molecule has 0 aliphatic carbocycles. The van der Waals surface area contributed by atoms with Gasteiger partial charge in [-0.1, -0.05) is 0 Å². The van der Waals surface area contributed by atoms with Crippen molar-refractivity contribution in [1.82, 2.24) is 14.1 Å². The maximum Gasteiger partial charge on any atom is 0.329 e. The molecule has 7 nitrogen and oxygen atoms in total. The summed E-state index contributed by atoms with van der Waals surface area (Å²) in [6.07, 6.45) is 1.66. The van der Waals surface area contributed by atoms with Gasteiger partial charge in [-0.05, 0) is 15.9 Å². The first-order chi connectivity index (χ1) is 11.1. The molecule has 23 heavy (non-hydrogen) atoms. The number of aromatic nitrogens is 3. The van der Waals surface area contributed by atoms with Gasteiger partial charge in [0, 0.05) is 13.1 Å². The van der Waals surface area contributed by atoms with Gasteiger partial charge in [-0.15, -0.1) is 0 Å². The largest absolute Gasteiger partial charge is 0.495 e. The van der Waals surface area contributed by atoms with E-state index in [1.807, 2.05) is 0 Å². The van der Waals surface area contributed by atoms with E-state index in [9.17, 15) is 9.90 Å². The van der Waals surface area contributed by atoms with Gasteiger partial charge in [-0.25, -0.2) is 4.79 Å². The maximum atomic E-state index is 12.6. The quantitative estimate of drug-likeness (QED) is 0.731. The summed E-state index contributed by atoms with van der Waals surface area (Å²) in [6, 6.07) is 1.34. The number of pyridine rings is 1. The average molecular weight is 380 g/mol. The number of benzene rings is 1. The van der Waals surface area contributed by atoms with Crippen molar-refractivity contribution < 1.29 is 14.6 Å². The Morgan fingerprint density at radius 2 is 2.35 bits per heavy atom. The summed E-state index contributed by atoms with van der Waals surface area (Å²) in [5, 5.41) is 10.4. The lowest BCUT2D eigenvalue weighted by atomic mass is 10.1. The van der Waals surface area contributed by atoms with E-state index in [0.29, 0.717) is 27.0 Å². The Morgan fingerprint density at radius 3 is 3.04 bits per heavy atom. The van der Waals surface area contributed by atoms with Gasteiger partial charge >= 0.3 is 5.69 Å². The number of hydrogen-bond donors (Lipinski definition) is 1. The van der Waals surface area contributed by atoms with Crippen molar-refractivity contribution >= 4 is 37.9 Å². The molecule has 3 heterocycles. The second-order valence-corrected chi connectivity index (χ2v) is 6.26. The minimum atomic E-state index is -0.456. The maximum absolute atomic E-state index is 12.6. The number of ether oxygens (including phenoxy) is 2. The van der Waals surface area contributed by atoms with E-state index >= 15 is 0 Å². The first-order valence-corrected chi connectivity index (χ1v) is 7.87. The number of methoxy groups -OCH3 is 1. The average Bonchev–Trinajstić information content (AvgIpc) is 2.73. The van der Waals surface area contributed by atoms with Crippen LogP contribution in [0.15, 0.2) is 21.5 Å². The number of rotatable bonds is 2. The zero-order valence-electron chi connectivity index (χ0n) is 12.5. The summed E-state index contributed by atoms with van der Waals surface area (Å²) in [7, 11) is 3.27. The van der Waals surface area contributed by atoms with Crippen molar-refractivity contribution in [3.8, 4) is 11.5 Å². The monoisotopic (exact) mass is 379 g/mol. The molecule has 4 rings (SSSR count). The second kappa shape index (κ2) is 4.97. The third-order valence-corrected chi connectivity index (χ3v) is 5.03. The van der Waals surface area contributed by atoms with Crippen LogP contribution in [0, 0.1) is 0 Å². The van der Waals surface area contributed by atoms with Crippen LogP contribution in [0.25, 0.3) is 21.9 Å². The fourth-order valence-corrected chi connectivity index (χ4v) is 3.70. The number of aryl methyl sites for hydroxylation is 1. The summed E-state index contributed by atoms with van der Waals surface area (Å²) in [6.45, 7) is -0.00333. The Bertz CT molecular complexity index is 1010. The molecule has 0 saturated heterocycles. The fourth-order valence-electron chi connectivity index (χ4n) is 3.11. The molecule has 0 radical (unpaired) electrons. The van der Waals surface area contributed by atoms with E-state index in [1.54, 1.807) is 31.0 Å². The first-order valence-electron chi connectivity index (χ1n) is 7.08. The van der Waals surface area contributed by atoms with Crippen molar-refractivity contribution in [2.45, 2.75) is 6.04 Å². The lowest BCUT2D eigenvalue weighted by Gasteiger charge is -2.15. The Kier molecular flexibility index (Phi) is 3.14. The number of hydrogen-bond acceptors (Lipinski definition) is 5. The highest BCUT2D eigenvalue weighted by molar-refractivity contribution is 9.10. The van der Waals surface area contributed by atoms with E-state index in [4.69, 9.17) is 9.47 Å². The number of aliphatic hydroxyl groups excluding tert-OH is 1. The van der Waals surface area contributed by atoms with Gasteiger partial charge in [-0.2, -0.15) is 0 Å². The van der Waals surface area contributed by atoms with Gasteiger partial charge in [0.1, 0.15) is 22.6 Å². The Morgan fingerprint density at radius 1 is 1.57 bits per heavy atom. The molecule has 0 amide bonds. The van der Waals surface area contributed by atoms with Crippen LogP contribution in [-0.4, -0.2) is 39.5 Å². The number of imidazole rings is 1. The SMILES string of the molecule is COc1cc2ncc3c4c2c(c1Br)OCC(CO)n4c(=O)n3C. The molecule has 3 aromatic rings. The Balaban J connectivity index is 2.28. The lowest BCUT2D eigenvalue weighted by Crippen LogP contribution is -2.30. The van der Waals surface area contributed by atoms with Gasteiger partial charge < -0.3 is 14.6 Å². The van der Waals surface area contributed by atoms with E-state index in [-0.39, 0.29) is 18.9 Å². The van der Waals surface area contributed by atoms with Crippen LogP contribution >= 0.6 is 15.9 Å². The van der Waals surface area contributed by atoms with Crippen LogP contribution in [0.5, 0.6) is 11.5 Å². The molecule has 0 fully saturated rings. The molecule has 0 spiro atoms. The third-order valence-electron chi connectivity index (χ3n) is 4.28. The van der Waals surface area contributed by atoms with Crippen molar-refractivity contribution in [3.63, 3.8) is 0 Å². The highest BCUT2D eigenvalue weighted by Gasteiger charge is 2.28. The standard InChI is InChI=1S/C15H14BrN3O4/c1-18-9-4-17-8-3-10(22-2)12(16)14-11(8)13(9)19(15(18)21)7(5-20)6-23-14/h3-4,7,20H,5-6H2,1-2H3. The molecule has 0 saturated carbocycles. The van der Waals surface area contributed by atoms with Gasteiger partial charge in [0.15, 0.2) is 0 Å². The van der Waals surface area contributed by atoms with E-state index < -0.39 is 6.04 Å². The smallest absolute Gasteiger partial charge is 0.329 e. The molecule has 0 bridgehead atoms. The van der Waals surface area contributed by atoms with Crippen LogP contribution in [0.1, 0.15) is 6.04 Å². The Labute approximate surface area is 139 Å². The third kappa shape index (κ3) is 1.79. The normalized spacial score (nSPS) is 16.8. The molecule has 8 heteroatoms. The van der Waals surface area contributed by atoms with Crippen LogP contribution < -0.4 is 15.2 Å². The van der Waals surface area contributed by atoms with Crippen LogP contribution in [0.3, 0.4) is 0 Å². The minimum absolute atomic E-state index is 0.186. The highest BCUT2D eigenvalue weighted by atomic mass is 79.9. The number of nitrogens with zero attached hydrogens (tertiary/aromatic N) is 3. The molecule has 120 valence electrons. The van der Waals surface area contributed by atoms with Crippen LogP contribution in [-0.2, 0) is 7.05 Å². The summed E-state index contributed by atoms with van der Waals surface area (Å²) in [4.78, 5) is 17.1. The van der Waals surface area contributed by atoms with E-state index in [2.05, 4.69) is 20.9 Å². The number of halogens is 1. The molecule has 1 N–H and O–H groups in total. The second-order valence-electron chi connectivity index (χ2n) is 5.47. The van der Waals surface area contributed by atoms with Crippen LogP contribution in [0.4, 0.5) is 0 Å². The van der Waals surface area contributed by atoms with Crippen molar-refractivity contribution in [2.75, 3.05) is 20.3 Å². The Hall–Kier alpha value is -2.06. The van der Waals surface area contributed by atoms with Gasteiger partial charge in [-0.3, -0.25) is 14.1 Å². The molecule has 1 aromatic carbocycles. The van der Waals surface area contributed by atoms with E-state index in [1.165, 1.54) is 4.57 Å². The first kappa shape index (κ1) is 14.5. The van der Waals surface area contributed by atoms with Gasteiger partial charge in [0.05, 0.1) is 47.9 Å². The molecule has 1 unspecified atom stereocenters. The van der Waals surface area contributed by atoms with Crippen molar-refractivity contribution in [1.29, 1.82) is 0 Å². The zero-order chi connectivity index (χ0) is 16.3. The molecular formula is C15H14BrN3O4. The highest BCUT2D eigenvalue weighted by Crippen LogP contribution is 2.44. The molecule has 1 aliphatic heterocycles. The predicted molar refractivity (Wildman–Crippen MR) is 88.3 cm³/mol. The topological polar surface area (TPSA) is 78.5 Å². The van der Waals surface area contributed by atoms with Crippen molar-refractivity contribution in [2.24, 2.45) is 7.05 Å². The molecule has 1 atom stereocenters. The predicted octanol–water partition coefficient (Wildman–Crippen LogP) is 1.59. The lowest BCUT2D eigenvalue weighted by molar-refractivity contribution is 0.169. The number of aliphatic hydroxyl groups is 1. The summed E-state index contributed by atoms with van der Waals surface area (Å²) in [5.41, 5.74) is 1.89. The minimum Gasteiger partial charge on any atom is -0.495 e. The summed E-state index contributed by atoms with van der Waals surface area (Å²) in [5.74, 6) is 1.18. The summed E-state index contributed by atoms with van der Waals surface area (Å²) >= 11 is 3.51. The van der Waals surface area contributed by atoms with Crippen LogP contribution in [0.2, 0.25) is 0 Å². The molecule has 1 aliphatic rings. The summed E-state index contributed by atoms with van der Waals surface area (Å²) < 4.78 is 15.1. The fraction of sp³-hybridized carbons (Fsp3) is 0.333. The molecule has 2 aromatic heterocycles. The van der Waals surface area contributed by atoms with Crippen molar-refractivity contribution in [3.05, 3.63) is 27.2 Å². The van der Waals surface area contributed by atoms with Gasteiger partial charge in [0.2, 0.25) is 0 Å². The molecular weight excluding hydrogens is 366 g/mol. The van der Waals surface area contributed by atoms with E-state index in [0.717, 1.165) is 10.9 Å². The zero-order valence-corrected chi connectivity index (χ0v) is 14.1. The van der Waals surface area contributed by atoms with Gasteiger partial charge in [0.25, 0.3) is 0 Å².